The van der Waals surface area contributed by atoms with E-state index in [1.165, 1.54) is 0 Å². The van der Waals surface area contributed by atoms with E-state index in [0.29, 0.717) is 30.9 Å². The number of carbonyl (C=O) groups is 2. The van der Waals surface area contributed by atoms with Crippen LogP contribution in [0.2, 0.25) is 0 Å². The molecular formula is C21H23NO4. The van der Waals surface area contributed by atoms with Crippen molar-refractivity contribution in [2.75, 3.05) is 5.32 Å². The first-order chi connectivity index (χ1) is 12.6. The fourth-order valence-corrected chi connectivity index (χ4v) is 3.40. The van der Waals surface area contributed by atoms with Gasteiger partial charge in [-0.1, -0.05) is 55.3 Å². The van der Waals surface area contributed by atoms with E-state index < -0.39 is 17.8 Å². The van der Waals surface area contributed by atoms with Gasteiger partial charge in [-0.2, -0.15) is 0 Å². The number of anilines is 1. The highest BCUT2D eigenvalue weighted by Gasteiger charge is 2.35. The second-order valence-electron chi connectivity index (χ2n) is 6.60. The van der Waals surface area contributed by atoms with Crippen LogP contribution in [0.4, 0.5) is 5.69 Å². The summed E-state index contributed by atoms with van der Waals surface area (Å²) in [6, 6.07) is 17.0. The summed E-state index contributed by atoms with van der Waals surface area (Å²) in [7, 11) is 0. The third-order valence-corrected chi connectivity index (χ3v) is 4.80. The van der Waals surface area contributed by atoms with Crippen LogP contribution in [0, 0.1) is 11.8 Å². The molecule has 0 aliphatic heterocycles. The van der Waals surface area contributed by atoms with Crippen molar-refractivity contribution < 1.29 is 19.4 Å². The van der Waals surface area contributed by atoms with Gasteiger partial charge in [0.1, 0.15) is 12.4 Å². The Bertz CT molecular complexity index is 760. The quantitative estimate of drug-likeness (QED) is 0.820. The van der Waals surface area contributed by atoms with Crippen LogP contribution in [0.15, 0.2) is 54.6 Å². The maximum Gasteiger partial charge on any atom is 0.307 e. The van der Waals surface area contributed by atoms with E-state index in [-0.39, 0.29) is 5.91 Å². The Morgan fingerprint density at radius 3 is 2.35 bits per heavy atom. The van der Waals surface area contributed by atoms with Crippen molar-refractivity contribution in [2.45, 2.75) is 32.3 Å². The summed E-state index contributed by atoms with van der Waals surface area (Å²) in [5.74, 6) is -1.66. The lowest BCUT2D eigenvalue weighted by Gasteiger charge is -2.27. The number of benzene rings is 2. The van der Waals surface area contributed by atoms with Gasteiger partial charge in [0.2, 0.25) is 5.91 Å². The summed E-state index contributed by atoms with van der Waals surface area (Å²) in [6.45, 7) is 0.398. The van der Waals surface area contributed by atoms with Crippen LogP contribution in [0.1, 0.15) is 31.2 Å². The Balaban J connectivity index is 1.69. The molecule has 3 rings (SSSR count). The van der Waals surface area contributed by atoms with Gasteiger partial charge in [0.05, 0.1) is 17.5 Å². The zero-order valence-corrected chi connectivity index (χ0v) is 14.6. The summed E-state index contributed by atoms with van der Waals surface area (Å²) in [6.07, 6.45) is 2.90. The number of rotatable bonds is 6. The number of carbonyl (C=O) groups excluding carboxylic acids is 1. The largest absolute Gasteiger partial charge is 0.487 e. The van der Waals surface area contributed by atoms with Crippen molar-refractivity contribution in [2.24, 2.45) is 11.8 Å². The Kier molecular flexibility index (Phi) is 5.89. The third kappa shape index (κ3) is 4.42. The first-order valence-corrected chi connectivity index (χ1v) is 8.94. The number of aliphatic carboxylic acids is 1. The molecule has 1 fully saturated rings. The molecule has 1 amide bonds. The molecule has 1 aliphatic carbocycles. The standard InChI is InChI=1S/C21H23NO4/c23-20(16-10-4-5-11-17(16)21(24)25)22-18-12-6-7-13-19(18)26-14-15-8-2-1-3-9-15/h1-3,6-9,12-13,16-17H,4-5,10-11,14H2,(H,22,23)(H,24,25). The van der Waals surface area contributed by atoms with Gasteiger partial charge in [0, 0.05) is 0 Å². The number of carboxylic acid groups (broad SMARTS) is 1. The van der Waals surface area contributed by atoms with E-state index in [9.17, 15) is 14.7 Å². The number of carboxylic acids is 1. The topological polar surface area (TPSA) is 75.6 Å². The van der Waals surface area contributed by atoms with E-state index in [1.807, 2.05) is 42.5 Å². The van der Waals surface area contributed by atoms with E-state index >= 15 is 0 Å². The van der Waals surface area contributed by atoms with Crippen LogP contribution in [-0.2, 0) is 16.2 Å². The van der Waals surface area contributed by atoms with Crippen molar-refractivity contribution in [1.82, 2.24) is 0 Å². The van der Waals surface area contributed by atoms with Crippen LogP contribution in [0.3, 0.4) is 0 Å². The minimum absolute atomic E-state index is 0.243. The number of para-hydroxylation sites is 2. The molecule has 2 atom stereocenters. The summed E-state index contributed by atoms with van der Waals surface area (Å²) in [5.41, 5.74) is 1.61. The highest BCUT2D eigenvalue weighted by atomic mass is 16.5. The molecule has 0 saturated heterocycles. The second-order valence-corrected chi connectivity index (χ2v) is 6.60. The van der Waals surface area contributed by atoms with Crippen molar-refractivity contribution in [3.8, 4) is 5.75 Å². The predicted molar refractivity (Wildman–Crippen MR) is 98.9 cm³/mol. The normalized spacial score (nSPS) is 19.5. The number of ether oxygens (including phenoxy) is 1. The Hall–Kier alpha value is -2.82. The molecule has 2 aromatic carbocycles. The Labute approximate surface area is 153 Å². The molecule has 2 unspecified atom stereocenters. The molecule has 2 N–H and O–H groups in total. The highest BCUT2D eigenvalue weighted by molar-refractivity contribution is 5.96. The summed E-state index contributed by atoms with van der Waals surface area (Å²) in [5, 5.41) is 12.3. The van der Waals surface area contributed by atoms with Crippen LogP contribution in [-0.4, -0.2) is 17.0 Å². The number of hydrogen-bond donors (Lipinski definition) is 2. The first-order valence-electron chi connectivity index (χ1n) is 8.94. The highest BCUT2D eigenvalue weighted by Crippen LogP contribution is 2.32. The van der Waals surface area contributed by atoms with Gasteiger partial charge in [0.25, 0.3) is 0 Å². The van der Waals surface area contributed by atoms with E-state index in [1.54, 1.807) is 12.1 Å². The van der Waals surface area contributed by atoms with Gasteiger partial charge in [-0.05, 0) is 30.5 Å². The predicted octanol–water partition coefficient (Wildman–Crippen LogP) is 4.10. The molecule has 1 aliphatic rings. The monoisotopic (exact) mass is 353 g/mol. The second kappa shape index (κ2) is 8.52. The van der Waals surface area contributed by atoms with Gasteiger partial charge < -0.3 is 15.2 Å². The van der Waals surface area contributed by atoms with E-state index in [2.05, 4.69) is 5.32 Å². The zero-order chi connectivity index (χ0) is 18.4. The lowest BCUT2D eigenvalue weighted by Crippen LogP contribution is -2.36. The lowest BCUT2D eigenvalue weighted by atomic mass is 9.78. The number of amides is 1. The fraction of sp³-hybridized carbons (Fsp3) is 0.333. The van der Waals surface area contributed by atoms with Gasteiger partial charge in [-0.15, -0.1) is 0 Å². The Morgan fingerprint density at radius 2 is 1.62 bits per heavy atom. The molecule has 0 radical (unpaired) electrons. The molecular weight excluding hydrogens is 330 g/mol. The average Bonchev–Trinajstić information content (AvgIpc) is 2.68. The van der Waals surface area contributed by atoms with Crippen molar-refractivity contribution in [3.63, 3.8) is 0 Å². The summed E-state index contributed by atoms with van der Waals surface area (Å²) < 4.78 is 5.85. The van der Waals surface area contributed by atoms with Crippen LogP contribution in [0.5, 0.6) is 5.75 Å². The maximum absolute atomic E-state index is 12.7. The van der Waals surface area contributed by atoms with Crippen LogP contribution >= 0.6 is 0 Å². The third-order valence-electron chi connectivity index (χ3n) is 4.80. The first kappa shape index (κ1) is 18.0. The van der Waals surface area contributed by atoms with Gasteiger partial charge >= 0.3 is 5.97 Å². The minimum atomic E-state index is -0.890. The summed E-state index contributed by atoms with van der Waals surface area (Å²) in [4.78, 5) is 24.1. The van der Waals surface area contributed by atoms with Gasteiger partial charge in [0.15, 0.2) is 0 Å². The van der Waals surface area contributed by atoms with Crippen molar-refractivity contribution >= 4 is 17.6 Å². The maximum atomic E-state index is 12.7. The SMILES string of the molecule is O=C(O)C1CCCCC1C(=O)Nc1ccccc1OCc1ccccc1. The van der Waals surface area contributed by atoms with Gasteiger partial charge in [-0.25, -0.2) is 0 Å². The van der Waals surface area contributed by atoms with Crippen molar-refractivity contribution in [3.05, 3.63) is 60.2 Å². The average molecular weight is 353 g/mol. The molecule has 0 aromatic heterocycles. The van der Waals surface area contributed by atoms with E-state index in [4.69, 9.17) is 4.74 Å². The zero-order valence-electron chi connectivity index (χ0n) is 14.6. The molecule has 1 saturated carbocycles. The van der Waals surface area contributed by atoms with Crippen molar-refractivity contribution in [1.29, 1.82) is 0 Å². The molecule has 136 valence electrons. The number of nitrogens with one attached hydrogen (secondary N) is 1. The molecule has 26 heavy (non-hydrogen) atoms. The fourth-order valence-electron chi connectivity index (χ4n) is 3.40. The molecule has 0 spiro atoms. The number of hydrogen-bond acceptors (Lipinski definition) is 3. The molecule has 5 heteroatoms. The molecule has 5 nitrogen and oxygen atoms in total. The molecule has 0 heterocycles. The Morgan fingerprint density at radius 1 is 0.962 bits per heavy atom. The van der Waals surface area contributed by atoms with Gasteiger partial charge in [-0.3, -0.25) is 9.59 Å². The van der Waals surface area contributed by atoms with Crippen LogP contribution < -0.4 is 10.1 Å². The van der Waals surface area contributed by atoms with E-state index in [0.717, 1.165) is 18.4 Å². The summed E-state index contributed by atoms with van der Waals surface area (Å²) >= 11 is 0. The van der Waals surface area contributed by atoms with Crippen LogP contribution in [0.25, 0.3) is 0 Å². The smallest absolute Gasteiger partial charge is 0.307 e. The molecule has 0 bridgehead atoms. The minimum Gasteiger partial charge on any atom is -0.487 e. The lowest BCUT2D eigenvalue weighted by molar-refractivity contribution is -0.147. The molecule has 2 aromatic rings.